The van der Waals surface area contributed by atoms with E-state index in [4.69, 9.17) is 5.11 Å². The molecule has 0 radical (unpaired) electrons. The second-order valence-corrected chi connectivity index (χ2v) is 3.96. The van der Waals surface area contributed by atoms with Crippen molar-refractivity contribution in [2.24, 2.45) is 5.92 Å². The SMILES string of the molecule is O=C1CC(N2CCC(CO)C2)C(=O)N1. The molecule has 0 aromatic heterocycles. The minimum atomic E-state index is -0.293. The molecule has 0 aliphatic carbocycles. The van der Waals surface area contributed by atoms with Crippen molar-refractivity contribution in [3.63, 3.8) is 0 Å². The number of aliphatic hydroxyl groups is 1. The molecule has 2 fully saturated rings. The molecule has 0 aromatic carbocycles. The Balaban J connectivity index is 1.96. The maximum absolute atomic E-state index is 11.3. The van der Waals surface area contributed by atoms with Crippen molar-refractivity contribution in [1.82, 2.24) is 10.2 Å². The molecule has 0 saturated carbocycles. The van der Waals surface area contributed by atoms with Crippen LogP contribution in [-0.2, 0) is 9.59 Å². The zero-order valence-corrected chi connectivity index (χ0v) is 7.90. The summed E-state index contributed by atoms with van der Waals surface area (Å²) >= 11 is 0. The molecule has 0 aromatic rings. The average Bonchev–Trinajstić information content (AvgIpc) is 2.71. The predicted molar refractivity (Wildman–Crippen MR) is 48.3 cm³/mol. The van der Waals surface area contributed by atoms with Crippen LogP contribution in [0, 0.1) is 5.92 Å². The van der Waals surface area contributed by atoms with E-state index < -0.39 is 0 Å². The van der Waals surface area contributed by atoms with Gasteiger partial charge in [0.05, 0.1) is 12.5 Å². The maximum atomic E-state index is 11.3. The quantitative estimate of drug-likeness (QED) is 0.542. The summed E-state index contributed by atoms with van der Waals surface area (Å²) in [6.07, 6.45) is 1.19. The summed E-state index contributed by atoms with van der Waals surface area (Å²) in [6.45, 7) is 1.69. The van der Waals surface area contributed by atoms with Crippen molar-refractivity contribution < 1.29 is 14.7 Å². The number of carbonyl (C=O) groups excluding carboxylic acids is 2. The molecular formula is C9H14N2O3. The molecule has 2 saturated heterocycles. The number of aliphatic hydroxyl groups excluding tert-OH is 1. The number of likely N-dealkylation sites (tertiary alicyclic amines) is 1. The van der Waals surface area contributed by atoms with Gasteiger partial charge in [-0.25, -0.2) is 0 Å². The van der Waals surface area contributed by atoms with E-state index in [0.717, 1.165) is 19.5 Å². The standard InChI is InChI=1S/C9H14N2O3/c12-5-6-1-2-11(4-6)7-3-8(13)10-9(7)14/h6-7,12H,1-5H2,(H,10,13,14). The van der Waals surface area contributed by atoms with Crippen LogP contribution < -0.4 is 5.32 Å². The summed E-state index contributed by atoms with van der Waals surface area (Å²) in [6, 6.07) is -0.293. The number of amides is 2. The van der Waals surface area contributed by atoms with E-state index in [0.29, 0.717) is 0 Å². The van der Waals surface area contributed by atoms with Gasteiger partial charge in [0.1, 0.15) is 0 Å². The van der Waals surface area contributed by atoms with Gasteiger partial charge in [0.2, 0.25) is 11.8 Å². The lowest BCUT2D eigenvalue weighted by Crippen LogP contribution is -2.39. The van der Waals surface area contributed by atoms with Gasteiger partial charge in [-0.05, 0) is 18.9 Å². The topological polar surface area (TPSA) is 69.6 Å². The van der Waals surface area contributed by atoms with Crippen molar-refractivity contribution in [2.75, 3.05) is 19.7 Å². The summed E-state index contributed by atoms with van der Waals surface area (Å²) in [4.78, 5) is 24.3. The first kappa shape index (κ1) is 9.61. The van der Waals surface area contributed by atoms with Crippen LogP contribution >= 0.6 is 0 Å². The number of rotatable bonds is 2. The smallest absolute Gasteiger partial charge is 0.244 e. The summed E-state index contributed by atoms with van der Waals surface area (Å²) in [5, 5.41) is 11.2. The molecule has 14 heavy (non-hydrogen) atoms. The lowest BCUT2D eigenvalue weighted by atomic mass is 10.1. The Bertz CT molecular complexity index is 267. The van der Waals surface area contributed by atoms with Crippen LogP contribution in [0.4, 0.5) is 0 Å². The molecule has 2 amide bonds. The number of carbonyl (C=O) groups is 2. The number of nitrogens with one attached hydrogen (secondary N) is 1. The van der Waals surface area contributed by atoms with Gasteiger partial charge in [-0.1, -0.05) is 0 Å². The Kier molecular flexibility index (Phi) is 2.52. The van der Waals surface area contributed by atoms with Crippen molar-refractivity contribution in [3.8, 4) is 0 Å². The largest absolute Gasteiger partial charge is 0.396 e. The fraction of sp³-hybridized carbons (Fsp3) is 0.778. The van der Waals surface area contributed by atoms with Crippen molar-refractivity contribution in [2.45, 2.75) is 18.9 Å². The molecule has 2 atom stereocenters. The van der Waals surface area contributed by atoms with Gasteiger partial charge in [-0.2, -0.15) is 0 Å². The summed E-state index contributed by atoms with van der Waals surface area (Å²) in [5.41, 5.74) is 0. The van der Waals surface area contributed by atoms with Gasteiger partial charge in [-0.3, -0.25) is 19.8 Å². The zero-order valence-electron chi connectivity index (χ0n) is 7.90. The lowest BCUT2D eigenvalue weighted by Gasteiger charge is -2.20. The average molecular weight is 198 g/mol. The van der Waals surface area contributed by atoms with E-state index in [-0.39, 0.29) is 36.8 Å². The normalized spacial score (nSPS) is 33.8. The Labute approximate surface area is 82.1 Å². The third-order valence-corrected chi connectivity index (χ3v) is 2.96. The summed E-state index contributed by atoms with van der Waals surface area (Å²) in [5.74, 6) is -0.112. The minimum absolute atomic E-state index is 0.165. The van der Waals surface area contributed by atoms with Crippen LogP contribution in [0.2, 0.25) is 0 Å². The predicted octanol–water partition coefficient (Wildman–Crippen LogP) is -1.28. The molecule has 2 rings (SSSR count). The van der Waals surface area contributed by atoms with Crippen molar-refractivity contribution in [3.05, 3.63) is 0 Å². The Morgan fingerprint density at radius 2 is 2.29 bits per heavy atom. The van der Waals surface area contributed by atoms with E-state index >= 15 is 0 Å². The first-order chi connectivity index (χ1) is 6.70. The first-order valence-electron chi connectivity index (χ1n) is 4.89. The zero-order chi connectivity index (χ0) is 10.1. The maximum Gasteiger partial charge on any atom is 0.244 e. The highest BCUT2D eigenvalue weighted by Crippen LogP contribution is 2.21. The Hall–Kier alpha value is -0.940. The van der Waals surface area contributed by atoms with Crippen LogP contribution in [0.3, 0.4) is 0 Å². The van der Waals surface area contributed by atoms with E-state index in [2.05, 4.69) is 5.32 Å². The van der Waals surface area contributed by atoms with Gasteiger partial charge < -0.3 is 5.11 Å². The van der Waals surface area contributed by atoms with Crippen LogP contribution in [0.1, 0.15) is 12.8 Å². The molecule has 2 aliphatic rings. The molecular weight excluding hydrogens is 184 g/mol. The van der Waals surface area contributed by atoms with E-state index in [1.54, 1.807) is 0 Å². The fourth-order valence-corrected chi connectivity index (χ4v) is 2.13. The lowest BCUT2D eigenvalue weighted by molar-refractivity contribution is -0.126. The number of hydrogen-bond acceptors (Lipinski definition) is 4. The molecule has 78 valence electrons. The minimum Gasteiger partial charge on any atom is -0.396 e. The number of hydrogen-bond donors (Lipinski definition) is 2. The van der Waals surface area contributed by atoms with Crippen LogP contribution in [0.15, 0.2) is 0 Å². The van der Waals surface area contributed by atoms with Crippen LogP contribution in [-0.4, -0.2) is 47.6 Å². The first-order valence-corrected chi connectivity index (χ1v) is 4.89. The van der Waals surface area contributed by atoms with E-state index in [9.17, 15) is 9.59 Å². The molecule has 2 heterocycles. The molecule has 2 aliphatic heterocycles. The highest BCUT2D eigenvalue weighted by molar-refractivity contribution is 6.05. The fourth-order valence-electron chi connectivity index (χ4n) is 2.13. The van der Waals surface area contributed by atoms with Crippen LogP contribution in [0.25, 0.3) is 0 Å². The van der Waals surface area contributed by atoms with Gasteiger partial charge >= 0.3 is 0 Å². The van der Waals surface area contributed by atoms with Gasteiger partial charge in [0.25, 0.3) is 0 Å². The summed E-state index contributed by atoms with van der Waals surface area (Å²) in [7, 11) is 0. The van der Waals surface area contributed by atoms with Crippen LogP contribution in [0.5, 0.6) is 0 Å². The Morgan fingerprint density at radius 1 is 1.50 bits per heavy atom. The second-order valence-electron chi connectivity index (χ2n) is 3.96. The second kappa shape index (κ2) is 3.67. The summed E-state index contributed by atoms with van der Waals surface area (Å²) < 4.78 is 0. The Morgan fingerprint density at radius 3 is 2.79 bits per heavy atom. The van der Waals surface area contributed by atoms with Gasteiger partial charge in [0.15, 0.2) is 0 Å². The molecule has 5 nitrogen and oxygen atoms in total. The van der Waals surface area contributed by atoms with E-state index in [1.165, 1.54) is 0 Å². The number of nitrogens with zero attached hydrogens (tertiary/aromatic N) is 1. The molecule has 0 spiro atoms. The van der Waals surface area contributed by atoms with E-state index in [1.807, 2.05) is 4.90 Å². The molecule has 2 N–H and O–H groups in total. The highest BCUT2D eigenvalue weighted by atomic mass is 16.3. The van der Waals surface area contributed by atoms with Gasteiger partial charge in [0, 0.05) is 13.2 Å². The van der Waals surface area contributed by atoms with Crippen molar-refractivity contribution in [1.29, 1.82) is 0 Å². The molecule has 0 bridgehead atoms. The third kappa shape index (κ3) is 1.65. The highest BCUT2D eigenvalue weighted by Gasteiger charge is 2.38. The molecule has 2 unspecified atom stereocenters. The van der Waals surface area contributed by atoms with Gasteiger partial charge in [-0.15, -0.1) is 0 Å². The monoisotopic (exact) mass is 198 g/mol. The number of imide groups is 1. The third-order valence-electron chi connectivity index (χ3n) is 2.96. The molecule has 5 heteroatoms. The van der Waals surface area contributed by atoms with Crippen molar-refractivity contribution >= 4 is 11.8 Å².